The average Bonchev–Trinajstić information content (AvgIpc) is 3.12. The molecule has 1 heterocycles. The van der Waals surface area contributed by atoms with Crippen molar-refractivity contribution in [3.8, 4) is 5.75 Å². The molecule has 1 saturated heterocycles. The van der Waals surface area contributed by atoms with Crippen molar-refractivity contribution in [2.45, 2.75) is 18.9 Å². The van der Waals surface area contributed by atoms with Crippen molar-refractivity contribution < 1.29 is 14.3 Å². The first-order valence-electron chi connectivity index (χ1n) is 7.69. The van der Waals surface area contributed by atoms with Gasteiger partial charge in [0, 0.05) is 12.3 Å². The maximum Gasteiger partial charge on any atom is 0.253 e. The van der Waals surface area contributed by atoms with Gasteiger partial charge in [-0.3, -0.25) is 4.79 Å². The second-order valence-electron chi connectivity index (χ2n) is 5.39. The lowest BCUT2D eigenvalue weighted by atomic mass is 10.2. The van der Waals surface area contributed by atoms with E-state index < -0.39 is 0 Å². The van der Waals surface area contributed by atoms with Crippen molar-refractivity contribution in [1.82, 2.24) is 0 Å². The van der Waals surface area contributed by atoms with E-state index in [1.807, 2.05) is 48.5 Å². The molecule has 1 fully saturated rings. The fourth-order valence-electron chi connectivity index (χ4n) is 2.53. The molecule has 5 heteroatoms. The molecule has 0 spiro atoms. The van der Waals surface area contributed by atoms with Crippen molar-refractivity contribution >= 4 is 23.0 Å². The van der Waals surface area contributed by atoms with Crippen LogP contribution in [0.25, 0.3) is 0 Å². The molecule has 0 aromatic heterocycles. The summed E-state index contributed by atoms with van der Waals surface area (Å²) < 4.78 is 10.6. The summed E-state index contributed by atoms with van der Waals surface area (Å²) in [5.41, 5.74) is 2.50. The highest BCUT2D eigenvalue weighted by molar-refractivity contribution is 5.97. The number of anilines is 3. The quantitative estimate of drug-likeness (QED) is 0.886. The molecule has 5 nitrogen and oxygen atoms in total. The van der Waals surface area contributed by atoms with Gasteiger partial charge in [-0.15, -0.1) is 0 Å². The minimum Gasteiger partial charge on any atom is -0.497 e. The lowest BCUT2D eigenvalue weighted by Crippen LogP contribution is -2.27. The molecule has 2 aromatic rings. The van der Waals surface area contributed by atoms with Gasteiger partial charge in [0.1, 0.15) is 11.9 Å². The number of carbonyl (C=O) groups excluding carboxylic acids is 1. The number of ether oxygens (including phenoxy) is 2. The zero-order valence-electron chi connectivity index (χ0n) is 13.0. The van der Waals surface area contributed by atoms with Crippen molar-refractivity contribution in [2.75, 3.05) is 24.4 Å². The SMILES string of the molecule is COc1ccc(Nc2ccccc2NC(=O)[C@H]2CCCO2)cc1. The van der Waals surface area contributed by atoms with Gasteiger partial charge in [-0.1, -0.05) is 12.1 Å². The molecule has 0 radical (unpaired) electrons. The highest BCUT2D eigenvalue weighted by Crippen LogP contribution is 2.27. The number of amides is 1. The molecule has 2 N–H and O–H groups in total. The molecule has 1 aliphatic heterocycles. The first-order valence-corrected chi connectivity index (χ1v) is 7.69. The first kappa shape index (κ1) is 15.4. The Morgan fingerprint density at radius 2 is 1.87 bits per heavy atom. The number of rotatable bonds is 5. The molecule has 0 bridgehead atoms. The minimum atomic E-state index is -0.343. The standard InChI is InChI=1S/C18H20N2O3/c1-22-14-10-8-13(9-11-14)19-15-5-2-3-6-16(15)20-18(21)17-7-4-12-23-17/h2-3,5-6,8-11,17,19H,4,7,12H2,1H3,(H,20,21)/t17-/m1/s1. The molecule has 23 heavy (non-hydrogen) atoms. The molecule has 3 rings (SSSR count). The molecule has 0 unspecified atom stereocenters. The summed E-state index contributed by atoms with van der Waals surface area (Å²) in [6, 6.07) is 15.2. The van der Waals surface area contributed by atoms with Crippen LogP contribution in [0.15, 0.2) is 48.5 Å². The van der Waals surface area contributed by atoms with Gasteiger partial charge in [-0.25, -0.2) is 0 Å². The number of hydrogen-bond acceptors (Lipinski definition) is 4. The highest BCUT2D eigenvalue weighted by atomic mass is 16.5. The van der Waals surface area contributed by atoms with Gasteiger partial charge in [0.2, 0.25) is 0 Å². The van der Waals surface area contributed by atoms with E-state index in [2.05, 4.69) is 10.6 Å². The summed E-state index contributed by atoms with van der Waals surface area (Å²) in [5, 5.41) is 6.25. The third kappa shape index (κ3) is 3.81. The molecular formula is C18H20N2O3. The Hall–Kier alpha value is -2.53. The summed E-state index contributed by atoms with van der Waals surface area (Å²) in [6.45, 7) is 0.657. The van der Waals surface area contributed by atoms with E-state index in [-0.39, 0.29) is 12.0 Å². The van der Waals surface area contributed by atoms with Gasteiger partial charge in [0.05, 0.1) is 18.5 Å². The van der Waals surface area contributed by atoms with Crippen molar-refractivity contribution in [2.24, 2.45) is 0 Å². The van der Waals surface area contributed by atoms with Crippen LogP contribution in [0.3, 0.4) is 0 Å². The van der Waals surface area contributed by atoms with Gasteiger partial charge in [-0.2, -0.15) is 0 Å². The van der Waals surface area contributed by atoms with E-state index in [9.17, 15) is 4.79 Å². The van der Waals surface area contributed by atoms with E-state index in [0.717, 1.165) is 35.7 Å². The van der Waals surface area contributed by atoms with Crippen LogP contribution in [0, 0.1) is 0 Å². The summed E-state index contributed by atoms with van der Waals surface area (Å²) >= 11 is 0. The normalized spacial score (nSPS) is 16.8. The van der Waals surface area contributed by atoms with Gasteiger partial charge in [-0.05, 0) is 49.2 Å². The summed E-state index contributed by atoms with van der Waals surface area (Å²) in [5.74, 6) is 0.710. The first-order chi connectivity index (χ1) is 11.3. The topological polar surface area (TPSA) is 59.6 Å². The van der Waals surface area contributed by atoms with E-state index in [1.54, 1.807) is 7.11 Å². The number of benzene rings is 2. The molecule has 2 aromatic carbocycles. The molecule has 120 valence electrons. The Balaban J connectivity index is 1.72. The van der Waals surface area contributed by atoms with Crippen LogP contribution in [0.5, 0.6) is 5.75 Å². The van der Waals surface area contributed by atoms with Crippen molar-refractivity contribution in [1.29, 1.82) is 0 Å². The van der Waals surface area contributed by atoms with E-state index >= 15 is 0 Å². The van der Waals surface area contributed by atoms with E-state index in [1.165, 1.54) is 0 Å². The second-order valence-corrected chi connectivity index (χ2v) is 5.39. The maximum absolute atomic E-state index is 12.2. The summed E-state index contributed by atoms with van der Waals surface area (Å²) in [4.78, 5) is 12.2. The Bertz CT molecular complexity index is 664. The van der Waals surface area contributed by atoms with Crippen LogP contribution >= 0.6 is 0 Å². The summed E-state index contributed by atoms with van der Waals surface area (Å²) in [7, 11) is 1.64. The molecule has 1 atom stereocenters. The lowest BCUT2D eigenvalue weighted by molar-refractivity contribution is -0.124. The van der Waals surface area contributed by atoms with Gasteiger partial charge in [0.25, 0.3) is 5.91 Å². The number of carbonyl (C=O) groups is 1. The van der Waals surface area contributed by atoms with Crippen LogP contribution < -0.4 is 15.4 Å². The molecule has 1 amide bonds. The predicted octanol–water partition coefficient (Wildman–Crippen LogP) is 3.56. The highest BCUT2D eigenvalue weighted by Gasteiger charge is 2.24. The lowest BCUT2D eigenvalue weighted by Gasteiger charge is -2.15. The monoisotopic (exact) mass is 312 g/mol. The van der Waals surface area contributed by atoms with E-state index in [4.69, 9.17) is 9.47 Å². The number of para-hydroxylation sites is 2. The second kappa shape index (κ2) is 7.15. The van der Waals surface area contributed by atoms with Crippen molar-refractivity contribution in [3.63, 3.8) is 0 Å². The van der Waals surface area contributed by atoms with Gasteiger partial charge < -0.3 is 20.1 Å². The fourth-order valence-corrected chi connectivity index (χ4v) is 2.53. The zero-order valence-corrected chi connectivity index (χ0v) is 13.0. The predicted molar refractivity (Wildman–Crippen MR) is 90.3 cm³/mol. The number of hydrogen-bond donors (Lipinski definition) is 2. The average molecular weight is 312 g/mol. The molecular weight excluding hydrogens is 292 g/mol. The van der Waals surface area contributed by atoms with E-state index in [0.29, 0.717) is 6.61 Å². The third-order valence-electron chi connectivity index (χ3n) is 3.78. The van der Waals surface area contributed by atoms with Crippen molar-refractivity contribution in [3.05, 3.63) is 48.5 Å². The fraction of sp³-hybridized carbons (Fsp3) is 0.278. The zero-order chi connectivity index (χ0) is 16.1. The van der Waals surface area contributed by atoms with Crippen LogP contribution in [0.4, 0.5) is 17.1 Å². The van der Waals surface area contributed by atoms with Crippen LogP contribution in [0.2, 0.25) is 0 Å². The Morgan fingerprint density at radius 3 is 2.52 bits per heavy atom. The minimum absolute atomic E-state index is 0.0912. The maximum atomic E-state index is 12.2. The third-order valence-corrected chi connectivity index (χ3v) is 3.78. The van der Waals surface area contributed by atoms with Crippen LogP contribution in [-0.2, 0) is 9.53 Å². The Labute approximate surface area is 135 Å². The Kier molecular flexibility index (Phi) is 4.78. The number of nitrogens with one attached hydrogen (secondary N) is 2. The summed E-state index contributed by atoms with van der Waals surface area (Å²) in [6.07, 6.45) is 1.37. The van der Waals surface area contributed by atoms with Gasteiger partial charge >= 0.3 is 0 Å². The largest absolute Gasteiger partial charge is 0.497 e. The molecule has 0 saturated carbocycles. The van der Waals surface area contributed by atoms with Crippen LogP contribution in [0.1, 0.15) is 12.8 Å². The van der Waals surface area contributed by atoms with Crippen LogP contribution in [-0.4, -0.2) is 25.7 Å². The molecule has 0 aliphatic carbocycles. The number of methoxy groups -OCH3 is 1. The smallest absolute Gasteiger partial charge is 0.253 e. The Morgan fingerprint density at radius 1 is 1.13 bits per heavy atom. The molecule has 1 aliphatic rings. The van der Waals surface area contributed by atoms with Gasteiger partial charge in [0.15, 0.2) is 0 Å².